The molecule has 1 aliphatic rings. The molecule has 0 aliphatic carbocycles. The number of carbonyl (C=O) groups is 1. The molecule has 1 fully saturated rings. The van der Waals surface area contributed by atoms with E-state index in [4.69, 9.17) is 11.6 Å². The van der Waals surface area contributed by atoms with Crippen molar-refractivity contribution in [3.8, 4) is 0 Å². The van der Waals surface area contributed by atoms with Gasteiger partial charge in [0, 0.05) is 17.1 Å². The highest BCUT2D eigenvalue weighted by Crippen LogP contribution is 2.29. The van der Waals surface area contributed by atoms with Crippen LogP contribution in [-0.4, -0.2) is 30.4 Å². The van der Waals surface area contributed by atoms with E-state index in [0.29, 0.717) is 6.54 Å². The highest BCUT2D eigenvalue weighted by atomic mass is 35.5. The molecule has 2 aromatic carbocycles. The van der Waals surface area contributed by atoms with Crippen molar-refractivity contribution in [2.45, 2.75) is 25.8 Å². The van der Waals surface area contributed by atoms with Crippen LogP contribution in [-0.2, 0) is 0 Å². The summed E-state index contributed by atoms with van der Waals surface area (Å²) in [4.78, 5) is 15.0. The number of hydrogen-bond acceptors (Lipinski definition) is 2. The van der Waals surface area contributed by atoms with E-state index in [-0.39, 0.29) is 24.4 Å². The molecule has 0 saturated carbocycles. The van der Waals surface area contributed by atoms with E-state index in [1.807, 2.05) is 49.4 Å². The van der Waals surface area contributed by atoms with Gasteiger partial charge in [0.2, 0.25) is 0 Å². The van der Waals surface area contributed by atoms with Gasteiger partial charge in [-0.05, 0) is 56.1 Å². The maximum Gasteiger partial charge on any atom is 0.251 e. The summed E-state index contributed by atoms with van der Waals surface area (Å²) in [7, 11) is 0. The number of nitrogens with zero attached hydrogens (tertiary/aromatic N) is 1. The Balaban J connectivity index is 0.00000225. The fourth-order valence-electron chi connectivity index (χ4n) is 3.35. The highest BCUT2D eigenvalue weighted by Gasteiger charge is 2.25. The Morgan fingerprint density at radius 1 is 1.12 bits per heavy atom. The molecule has 1 N–H and O–H groups in total. The van der Waals surface area contributed by atoms with Gasteiger partial charge in [-0.25, -0.2) is 0 Å². The normalized spacial score (nSPS) is 15.4. The zero-order valence-corrected chi connectivity index (χ0v) is 15.9. The Morgan fingerprint density at radius 3 is 2.44 bits per heavy atom. The van der Waals surface area contributed by atoms with Crippen molar-refractivity contribution in [2.75, 3.05) is 19.6 Å². The maximum atomic E-state index is 12.5. The van der Waals surface area contributed by atoms with Crippen molar-refractivity contribution >= 4 is 29.9 Å². The first kappa shape index (κ1) is 19.8. The first-order valence-corrected chi connectivity index (χ1v) is 8.87. The van der Waals surface area contributed by atoms with Crippen LogP contribution in [0.15, 0.2) is 48.5 Å². The molecule has 0 aromatic heterocycles. The van der Waals surface area contributed by atoms with Gasteiger partial charge < -0.3 is 5.32 Å². The third-order valence-corrected chi connectivity index (χ3v) is 5.04. The van der Waals surface area contributed by atoms with Crippen LogP contribution < -0.4 is 5.32 Å². The van der Waals surface area contributed by atoms with E-state index >= 15 is 0 Å². The fourth-order valence-corrected chi connectivity index (χ4v) is 3.61. The van der Waals surface area contributed by atoms with Crippen LogP contribution in [0.2, 0.25) is 5.02 Å². The Kier molecular flexibility index (Phi) is 7.30. The molecule has 0 spiro atoms. The summed E-state index contributed by atoms with van der Waals surface area (Å²) < 4.78 is 0. The summed E-state index contributed by atoms with van der Waals surface area (Å²) >= 11 is 6.42. The van der Waals surface area contributed by atoms with Gasteiger partial charge in [0.25, 0.3) is 5.91 Å². The quantitative estimate of drug-likeness (QED) is 0.821. The predicted molar refractivity (Wildman–Crippen MR) is 106 cm³/mol. The van der Waals surface area contributed by atoms with Gasteiger partial charge in [0.15, 0.2) is 0 Å². The smallest absolute Gasteiger partial charge is 0.251 e. The molecule has 1 unspecified atom stereocenters. The van der Waals surface area contributed by atoms with Gasteiger partial charge in [-0.15, -0.1) is 12.4 Å². The van der Waals surface area contributed by atoms with Crippen LogP contribution in [0.3, 0.4) is 0 Å². The molecule has 1 heterocycles. The Labute approximate surface area is 160 Å². The Hall–Kier alpha value is -1.55. The average Bonchev–Trinajstić information content (AvgIpc) is 3.11. The Bertz CT molecular complexity index is 714. The second-order valence-electron chi connectivity index (χ2n) is 6.31. The lowest BCUT2D eigenvalue weighted by Gasteiger charge is -2.29. The van der Waals surface area contributed by atoms with E-state index < -0.39 is 0 Å². The fraction of sp³-hybridized carbons (Fsp3) is 0.350. The number of benzene rings is 2. The van der Waals surface area contributed by atoms with E-state index in [9.17, 15) is 4.79 Å². The molecular formula is C20H24Cl2N2O. The summed E-state index contributed by atoms with van der Waals surface area (Å²) in [5.41, 5.74) is 2.81. The van der Waals surface area contributed by atoms with Gasteiger partial charge in [0.05, 0.1) is 6.04 Å². The van der Waals surface area contributed by atoms with Gasteiger partial charge in [-0.2, -0.15) is 0 Å². The topological polar surface area (TPSA) is 32.3 Å². The lowest BCUT2D eigenvalue weighted by atomic mass is 10.0. The van der Waals surface area contributed by atoms with Crippen molar-refractivity contribution in [3.05, 3.63) is 70.2 Å². The molecule has 3 rings (SSSR count). The highest BCUT2D eigenvalue weighted by molar-refractivity contribution is 6.31. The molecule has 1 aliphatic heterocycles. The molecule has 3 nitrogen and oxygen atoms in total. The van der Waals surface area contributed by atoms with Crippen LogP contribution in [0, 0.1) is 6.92 Å². The second-order valence-corrected chi connectivity index (χ2v) is 6.71. The lowest BCUT2D eigenvalue weighted by molar-refractivity contribution is 0.0937. The monoisotopic (exact) mass is 378 g/mol. The molecule has 5 heteroatoms. The molecule has 1 saturated heterocycles. The van der Waals surface area contributed by atoms with E-state index in [0.717, 1.165) is 34.8 Å². The van der Waals surface area contributed by atoms with Crippen molar-refractivity contribution < 1.29 is 4.79 Å². The van der Waals surface area contributed by atoms with E-state index in [2.05, 4.69) is 16.3 Å². The van der Waals surface area contributed by atoms with E-state index in [1.165, 1.54) is 12.8 Å². The maximum absolute atomic E-state index is 12.5. The molecule has 2 aromatic rings. The third-order valence-electron chi connectivity index (χ3n) is 4.69. The minimum absolute atomic E-state index is 0. The number of likely N-dealkylation sites (tertiary alicyclic amines) is 1. The van der Waals surface area contributed by atoms with Gasteiger partial charge in [0.1, 0.15) is 0 Å². The summed E-state index contributed by atoms with van der Waals surface area (Å²) in [5.74, 6) is -0.0237. The van der Waals surface area contributed by atoms with Crippen LogP contribution in [0.1, 0.15) is 40.4 Å². The van der Waals surface area contributed by atoms with Crippen molar-refractivity contribution in [1.82, 2.24) is 10.2 Å². The van der Waals surface area contributed by atoms with Crippen LogP contribution >= 0.6 is 24.0 Å². The van der Waals surface area contributed by atoms with Crippen LogP contribution in [0.4, 0.5) is 0 Å². The molecule has 25 heavy (non-hydrogen) atoms. The van der Waals surface area contributed by atoms with Crippen molar-refractivity contribution in [1.29, 1.82) is 0 Å². The zero-order chi connectivity index (χ0) is 16.9. The summed E-state index contributed by atoms with van der Waals surface area (Å²) in [5, 5.41) is 3.87. The number of nitrogens with one attached hydrogen (secondary N) is 1. The van der Waals surface area contributed by atoms with Gasteiger partial charge in [-0.1, -0.05) is 48.0 Å². The first-order chi connectivity index (χ1) is 11.7. The van der Waals surface area contributed by atoms with E-state index in [1.54, 1.807) is 0 Å². The number of amides is 1. The number of halogens is 2. The zero-order valence-electron chi connectivity index (χ0n) is 14.4. The predicted octanol–water partition coefficient (Wildman–Crippen LogP) is 4.64. The molecule has 0 radical (unpaired) electrons. The number of hydrogen-bond donors (Lipinski definition) is 1. The minimum Gasteiger partial charge on any atom is -0.350 e. The van der Waals surface area contributed by atoms with Crippen molar-refractivity contribution in [2.24, 2.45) is 0 Å². The molecule has 0 bridgehead atoms. The Morgan fingerprint density at radius 2 is 1.76 bits per heavy atom. The molecule has 1 amide bonds. The molecular weight excluding hydrogens is 355 g/mol. The largest absolute Gasteiger partial charge is 0.350 e. The summed E-state index contributed by atoms with van der Waals surface area (Å²) in [6.07, 6.45) is 2.40. The average molecular weight is 379 g/mol. The molecule has 134 valence electrons. The van der Waals surface area contributed by atoms with Gasteiger partial charge in [-0.3, -0.25) is 9.69 Å². The third kappa shape index (κ3) is 4.75. The number of aryl methyl sites for hydroxylation is 1. The van der Waals surface area contributed by atoms with Crippen molar-refractivity contribution in [3.63, 3.8) is 0 Å². The number of rotatable bonds is 5. The number of carbonyl (C=O) groups excluding carboxylic acids is 1. The summed E-state index contributed by atoms with van der Waals surface area (Å²) in [6, 6.07) is 15.7. The molecule has 1 atom stereocenters. The van der Waals surface area contributed by atoms with Crippen LogP contribution in [0.5, 0.6) is 0 Å². The van der Waals surface area contributed by atoms with Gasteiger partial charge >= 0.3 is 0 Å². The second kappa shape index (κ2) is 9.23. The van der Waals surface area contributed by atoms with Crippen LogP contribution in [0.25, 0.3) is 0 Å². The SMILES string of the molecule is Cc1ccccc1C(=O)NCC(c1ccccc1Cl)N1CCCC1.Cl. The lowest BCUT2D eigenvalue weighted by Crippen LogP contribution is -2.37. The summed E-state index contributed by atoms with van der Waals surface area (Å²) in [6.45, 7) is 4.63. The first-order valence-electron chi connectivity index (χ1n) is 8.49. The standard InChI is InChI=1S/C20H23ClN2O.ClH/c1-15-8-2-3-9-16(15)20(24)22-14-19(23-12-6-7-13-23)17-10-4-5-11-18(17)21;/h2-5,8-11,19H,6-7,12-14H2,1H3,(H,22,24);1H. The minimum atomic E-state index is -0.0237.